The highest BCUT2D eigenvalue weighted by Gasteiger charge is 2.25. The molecular weight excluding hydrogens is 402 g/mol. The molecule has 1 fully saturated rings. The molecule has 3 rings (SSSR count). The lowest BCUT2D eigenvalue weighted by Gasteiger charge is -2.35. The van der Waals surface area contributed by atoms with Crippen molar-refractivity contribution in [3.8, 4) is 0 Å². The van der Waals surface area contributed by atoms with Gasteiger partial charge >= 0.3 is 6.09 Å². The van der Waals surface area contributed by atoms with Crippen molar-refractivity contribution in [2.24, 2.45) is 0 Å². The number of fused-ring (bicyclic) bond motifs is 1. The Bertz CT molecular complexity index is 957. The predicted molar refractivity (Wildman–Crippen MR) is 116 cm³/mol. The van der Waals surface area contributed by atoms with E-state index in [2.05, 4.69) is 15.2 Å². The third-order valence-electron chi connectivity index (χ3n) is 5.08. The maximum absolute atomic E-state index is 12.5. The second-order valence-electron chi connectivity index (χ2n) is 8.61. The summed E-state index contributed by atoms with van der Waals surface area (Å²) < 4.78 is 5.40. The summed E-state index contributed by atoms with van der Waals surface area (Å²) in [4.78, 5) is 42.1. The molecule has 168 valence electrons. The number of carbonyl (C=O) groups is 2. The van der Waals surface area contributed by atoms with Crippen molar-refractivity contribution in [2.45, 2.75) is 32.8 Å². The fourth-order valence-electron chi connectivity index (χ4n) is 3.49. The zero-order valence-corrected chi connectivity index (χ0v) is 18.1. The molecule has 0 saturated carbocycles. The van der Waals surface area contributed by atoms with Crippen LogP contribution in [0.25, 0.3) is 10.9 Å². The Balaban J connectivity index is 1.42. The number of amides is 2. The monoisotopic (exact) mass is 431 g/mol. The molecule has 2 aromatic rings. The molecule has 2 amide bonds. The molecule has 1 aromatic heterocycles. The van der Waals surface area contributed by atoms with Crippen molar-refractivity contribution in [2.75, 3.05) is 39.3 Å². The number of aromatic nitrogens is 1. The Morgan fingerprint density at radius 1 is 1.23 bits per heavy atom. The van der Waals surface area contributed by atoms with Gasteiger partial charge in [-0.25, -0.2) is 4.79 Å². The van der Waals surface area contributed by atoms with Crippen molar-refractivity contribution in [3.05, 3.63) is 40.1 Å². The highest BCUT2D eigenvalue weighted by molar-refractivity contribution is 6.07. The molecule has 10 heteroatoms. The molecule has 2 N–H and O–H groups in total. The number of nitrogens with zero attached hydrogens (tertiary/aromatic N) is 3. The van der Waals surface area contributed by atoms with Crippen molar-refractivity contribution >= 4 is 28.6 Å². The molecule has 31 heavy (non-hydrogen) atoms. The van der Waals surface area contributed by atoms with E-state index in [0.717, 1.165) is 26.1 Å². The first kappa shape index (κ1) is 22.5. The second-order valence-corrected chi connectivity index (χ2v) is 8.61. The molecule has 10 nitrogen and oxygen atoms in total. The van der Waals surface area contributed by atoms with Gasteiger partial charge in [0.1, 0.15) is 5.60 Å². The molecule has 1 saturated heterocycles. The summed E-state index contributed by atoms with van der Waals surface area (Å²) >= 11 is 0. The first-order valence-electron chi connectivity index (χ1n) is 10.4. The maximum atomic E-state index is 12.5. The Labute approximate surface area is 180 Å². The number of hydrogen-bond donors (Lipinski definition) is 2. The summed E-state index contributed by atoms with van der Waals surface area (Å²) in [6.45, 7) is 9.63. The Hall–Kier alpha value is -3.14. The van der Waals surface area contributed by atoms with E-state index in [4.69, 9.17) is 4.74 Å². The lowest BCUT2D eigenvalue weighted by atomic mass is 10.1. The number of nitrogens with one attached hydrogen (secondary N) is 2. The molecule has 0 spiro atoms. The van der Waals surface area contributed by atoms with Gasteiger partial charge in [0.15, 0.2) is 0 Å². The van der Waals surface area contributed by atoms with Crippen molar-refractivity contribution in [1.29, 1.82) is 0 Å². The molecular formula is C21H29N5O5. The minimum Gasteiger partial charge on any atom is -0.444 e. The van der Waals surface area contributed by atoms with E-state index in [9.17, 15) is 19.7 Å². The Kier molecular flexibility index (Phi) is 6.79. The van der Waals surface area contributed by atoms with Gasteiger partial charge in [0.2, 0.25) is 0 Å². The van der Waals surface area contributed by atoms with E-state index < -0.39 is 10.5 Å². The zero-order valence-electron chi connectivity index (χ0n) is 18.1. The average molecular weight is 431 g/mol. The van der Waals surface area contributed by atoms with Crippen LogP contribution < -0.4 is 5.32 Å². The van der Waals surface area contributed by atoms with Crippen LogP contribution in [0.5, 0.6) is 0 Å². The van der Waals surface area contributed by atoms with Crippen molar-refractivity contribution in [1.82, 2.24) is 20.1 Å². The zero-order chi connectivity index (χ0) is 22.6. The van der Waals surface area contributed by atoms with E-state index in [1.54, 1.807) is 17.2 Å². The lowest BCUT2D eigenvalue weighted by molar-refractivity contribution is -0.384. The van der Waals surface area contributed by atoms with Crippen LogP contribution in [-0.2, 0) is 4.74 Å². The Morgan fingerprint density at radius 3 is 2.58 bits per heavy atom. The fourth-order valence-corrected chi connectivity index (χ4v) is 3.49. The molecule has 1 aliphatic rings. The van der Waals surface area contributed by atoms with Gasteiger partial charge in [-0.2, -0.15) is 0 Å². The van der Waals surface area contributed by atoms with E-state index in [1.807, 2.05) is 20.8 Å². The number of ether oxygens (including phenoxy) is 1. The van der Waals surface area contributed by atoms with E-state index in [1.165, 1.54) is 12.1 Å². The van der Waals surface area contributed by atoms with Gasteiger partial charge in [-0.05, 0) is 39.8 Å². The Morgan fingerprint density at radius 2 is 1.94 bits per heavy atom. The number of aromatic amines is 1. The van der Waals surface area contributed by atoms with Crippen LogP contribution in [0.1, 0.15) is 37.6 Å². The summed E-state index contributed by atoms with van der Waals surface area (Å²) in [6.07, 6.45) is 2.05. The van der Waals surface area contributed by atoms with E-state index in [0.29, 0.717) is 36.1 Å². The maximum Gasteiger partial charge on any atom is 0.410 e. The van der Waals surface area contributed by atoms with Crippen LogP contribution in [0, 0.1) is 10.1 Å². The first-order chi connectivity index (χ1) is 14.6. The normalized spacial score (nSPS) is 15.1. The van der Waals surface area contributed by atoms with E-state index >= 15 is 0 Å². The van der Waals surface area contributed by atoms with Crippen LogP contribution in [0.15, 0.2) is 24.4 Å². The molecule has 0 aliphatic carbocycles. The molecule has 2 heterocycles. The summed E-state index contributed by atoms with van der Waals surface area (Å²) in [7, 11) is 0. The van der Waals surface area contributed by atoms with Gasteiger partial charge in [-0.1, -0.05) is 0 Å². The number of rotatable bonds is 6. The standard InChI is InChI=1S/C21H29N5O5/c1-21(2,3)31-20(28)25-11-9-24(10-12-25)8-4-7-22-19(27)17-14-23-18-6-5-15(26(29)30)13-16(17)18/h5-6,13-14,23H,4,7-12H2,1-3H3,(H,22,27). The second kappa shape index (κ2) is 9.34. The SMILES string of the molecule is CC(C)(C)OC(=O)N1CCN(CCCNC(=O)c2c[nH]c3ccc([N+](=O)[O-])cc23)CC1. The van der Waals surface area contributed by atoms with Gasteiger partial charge in [-0.15, -0.1) is 0 Å². The van der Waals surface area contributed by atoms with Gasteiger partial charge < -0.3 is 19.9 Å². The third kappa shape index (κ3) is 5.94. The van der Waals surface area contributed by atoms with Gasteiger partial charge in [0.25, 0.3) is 11.6 Å². The average Bonchev–Trinajstić information content (AvgIpc) is 3.13. The van der Waals surface area contributed by atoms with Gasteiger partial charge in [0, 0.05) is 62.0 Å². The fraction of sp³-hybridized carbons (Fsp3) is 0.524. The lowest BCUT2D eigenvalue weighted by Crippen LogP contribution is -2.50. The topological polar surface area (TPSA) is 121 Å². The molecule has 0 unspecified atom stereocenters. The number of nitro groups is 1. The number of nitro benzene ring substituents is 1. The molecule has 0 radical (unpaired) electrons. The molecule has 1 aliphatic heterocycles. The minimum atomic E-state index is -0.498. The number of benzene rings is 1. The van der Waals surface area contributed by atoms with Gasteiger partial charge in [0.05, 0.1) is 10.5 Å². The number of carbonyl (C=O) groups excluding carboxylic acids is 2. The summed E-state index contributed by atoms with van der Waals surface area (Å²) in [6, 6.07) is 4.41. The largest absolute Gasteiger partial charge is 0.444 e. The van der Waals surface area contributed by atoms with Crippen LogP contribution >= 0.6 is 0 Å². The minimum absolute atomic E-state index is 0.0494. The van der Waals surface area contributed by atoms with Crippen LogP contribution in [0.3, 0.4) is 0 Å². The molecule has 0 atom stereocenters. The molecule has 0 bridgehead atoms. The highest BCUT2D eigenvalue weighted by atomic mass is 16.6. The number of piperazine rings is 1. The smallest absolute Gasteiger partial charge is 0.410 e. The van der Waals surface area contributed by atoms with Crippen molar-refractivity contribution < 1.29 is 19.2 Å². The van der Waals surface area contributed by atoms with Crippen LogP contribution in [-0.4, -0.2) is 76.6 Å². The van der Waals surface area contributed by atoms with E-state index in [-0.39, 0.29) is 17.7 Å². The van der Waals surface area contributed by atoms with Crippen LogP contribution in [0.2, 0.25) is 0 Å². The highest BCUT2D eigenvalue weighted by Crippen LogP contribution is 2.23. The third-order valence-corrected chi connectivity index (χ3v) is 5.08. The molecule has 1 aromatic carbocycles. The number of hydrogen-bond acceptors (Lipinski definition) is 6. The van der Waals surface area contributed by atoms with Crippen LogP contribution in [0.4, 0.5) is 10.5 Å². The predicted octanol–water partition coefficient (Wildman–Crippen LogP) is 2.75. The van der Waals surface area contributed by atoms with Crippen molar-refractivity contribution in [3.63, 3.8) is 0 Å². The number of H-pyrrole nitrogens is 1. The number of non-ortho nitro benzene ring substituents is 1. The first-order valence-corrected chi connectivity index (χ1v) is 10.4. The van der Waals surface area contributed by atoms with Gasteiger partial charge in [-0.3, -0.25) is 19.8 Å². The summed E-state index contributed by atoms with van der Waals surface area (Å²) in [5.74, 6) is -0.263. The quantitative estimate of drug-likeness (QED) is 0.412. The summed E-state index contributed by atoms with van der Waals surface area (Å²) in [5.41, 5.74) is 0.525. The summed E-state index contributed by atoms with van der Waals surface area (Å²) in [5, 5.41) is 14.4.